The number of fused-ring (bicyclic) bond motifs is 1. The molecule has 0 saturated heterocycles. The molecule has 2 rings (SSSR count). The molecule has 0 bridgehead atoms. The molecule has 0 unspecified atom stereocenters. The van der Waals surface area contributed by atoms with Crippen molar-refractivity contribution < 1.29 is 9.47 Å². The highest BCUT2D eigenvalue weighted by atomic mass is 16.5. The van der Waals surface area contributed by atoms with Crippen molar-refractivity contribution in [2.24, 2.45) is 5.73 Å². The summed E-state index contributed by atoms with van der Waals surface area (Å²) in [6, 6.07) is 6.03. The smallest absolute Gasteiger partial charge is 0.122 e. The van der Waals surface area contributed by atoms with Crippen molar-refractivity contribution in [3.63, 3.8) is 0 Å². The summed E-state index contributed by atoms with van der Waals surface area (Å²) in [6.45, 7) is 2.20. The van der Waals surface area contributed by atoms with Crippen molar-refractivity contribution in [1.29, 1.82) is 0 Å². The van der Waals surface area contributed by atoms with E-state index in [1.807, 2.05) is 12.1 Å². The molecule has 3 heteroatoms. The summed E-state index contributed by atoms with van der Waals surface area (Å²) in [5, 5.41) is 0. The van der Waals surface area contributed by atoms with E-state index in [4.69, 9.17) is 15.2 Å². The summed E-state index contributed by atoms with van der Waals surface area (Å²) >= 11 is 0. The molecule has 0 radical (unpaired) electrons. The normalized spacial score (nSPS) is 14.2. The molecule has 1 aromatic carbocycles. The van der Waals surface area contributed by atoms with Gasteiger partial charge in [0.2, 0.25) is 0 Å². The van der Waals surface area contributed by atoms with Gasteiger partial charge in [-0.3, -0.25) is 0 Å². The lowest BCUT2D eigenvalue weighted by atomic mass is 10.1. The van der Waals surface area contributed by atoms with Crippen LogP contribution >= 0.6 is 0 Å². The number of ether oxygens (including phenoxy) is 2. The quantitative estimate of drug-likeness (QED) is 0.765. The van der Waals surface area contributed by atoms with E-state index < -0.39 is 0 Å². The molecule has 15 heavy (non-hydrogen) atoms. The Bertz CT molecular complexity index is 325. The molecule has 0 fully saturated rings. The van der Waals surface area contributed by atoms with Gasteiger partial charge in [0.05, 0.1) is 13.2 Å². The van der Waals surface area contributed by atoms with Crippen LogP contribution in [0.3, 0.4) is 0 Å². The Kier molecular flexibility index (Phi) is 3.45. The minimum atomic E-state index is 0.675. The van der Waals surface area contributed by atoms with Crippen molar-refractivity contribution in [1.82, 2.24) is 0 Å². The van der Waals surface area contributed by atoms with Crippen LogP contribution in [0.15, 0.2) is 18.2 Å². The summed E-state index contributed by atoms with van der Waals surface area (Å²) in [4.78, 5) is 0. The number of aryl methyl sites for hydroxylation is 1. The Morgan fingerprint density at radius 3 is 3.20 bits per heavy atom. The highest BCUT2D eigenvalue weighted by molar-refractivity contribution is 5.41. The van der Waals surface area contributed by atoms with E-state index in [-0.39, 0.29) is 0 Å². The molecule has 3 nitrogen and oxygen atoms in total. The first-order valence-electron chi connectivity index (χ1n) is 5.49. The van der Waals surface area contributed by atoms with Gasteiger partial charge in [-0.2, -0.15) is 0 Å². The predicted octanol–water partition coefficient (Wildman–Crippen LogP) is 1.74. The summed E-state index contributed by atoms with van der Waals surface area (Å²) in [7, 11) is 0. The molecule has 1 heterocycles. The van der Waals surface area contributed by atoms with E-state index in [2.05, 4.69) is 6.07 Å². The first-order chi connectivity index (χ1) is 7.40. The number of rotatable bonds is 4. The van der Waals surface area contributed by atoms with E-state index in [1.54, 1.807) is 0 Å². The van der Waals surface area contributed by atoms with Crippen LogP contribution in [0.25, 0.3) is 0 Å². The Morgan fingerprint density at radius 2 is 2.33 bits per heavy atom. The van der Waals surface area contributed by atoms with Crippen molar-refractivity contribution in [3.05, 3.63) is 23.8 Å². The van der Waals surface area contributed by atoms with Gasteiger partial charge < -0.3 is 15.2 Å². The van der Waals surface area contributed by atoms with Crippen molar-refractivity contribution in [3.8, 4) is 11.5 Å². The monoisotopic (exact) mass is 207 g/mol. The van der Waals surface area contributed by atoms with Gasteiger partial charge in [0.1, 0.15) is 11.5 Å². The molecule has 0 aromatic heterocycles. The summed E-state index contributed by atoms with van der Waals surface area (Å²) in [5.74, 6) is 1.93. The molecular weight excluding hydrogens is 190 g/mol. The van der Waals surface area contributed by atoms with Gasteiger partial charge in [0.15, 0.2) is 0 Å². The lowest BCUT2D eigenvalue weighted by Crippen LogP contribution is -2.09. The summed E-state index contributed by atoms with van der Waals surface area (Å²) in [5.41, 5.74) is 6.66. The highest BCUT2D eigenvalue weighted by Gasteiger charge is 2.10. The average molecular weight is 207 g/mol. The molecule has 1 aliphatic rings. The zero-order valence-corrected chi connectivity index (χ0v) is 8.87. The van der Waals surface area contributed by atoms with Gasteiger partial charge >= 0.3 is 0 Å². The highest BCUT2D eigenvalue weighted by Crippen LogP contribution is 2.28. The fourth-order valence-corrected chi connectivity index (χ4v) is 1.70. The van der Waals surface area contributed by atoms with E-state index in [1.165, 1.54) is 5.56 Å². The minimum absolute atomic E-state index is 0.675. The van der Waals surface area contributed by atoms with Gasteiger partial charge in [-0.1, -0.05) is 0 Å². The lowest BCUT2D eigenvalue weighted by Gasteiger charge is -2.17. The second-order valence-electron chi connectivity index (χ2n) is 3.71. The number of benzene rings is 1. The maximum absolute atomic E-state index is 5.58. The SMILES string of the molecule is NCCCOc1ccc2c(c1)CCCO2. The van der Waals surface area contributed by atoms with Gasteiger partial charge in [0.25, 0.3) is 0 Å². The molecule has 0 aliphatic carbocycles. The van der Waals surface area contributed by atoms with Crippen LogP contribution in [0, 0.1) is 0 Å². The van der Waals surface area contributed by atoms with E-state index >= 15 is 0 Å². The largest absolute Gasteiger partial charge is 0.494 e. The second-order valence-corrected chi connectivity index (χ2v) is 3.71. The van der Waals surface area contributed by atoms with Crippen LogP contribution in [0.5, 0.6) is 11.5 Å². The van der Waals surface area contributed by atoms with Crippen LogP contribution in [0.2, 0.25) is 0 Å². The number of nitrogens with two attached hydrogens (primary N) is 1. The maximum Gasteiger partial charge on any atom is 0.122 e. The predicted molar refractivity (Wildman–Crippen MR) is 59.4 cm³/mol. The molecule has 0 atom stereocenters. The molecule has 2 N–H and O–H groups in total. The fraction of sp³-hybridized carbons (Fsp3) is 0.500. The maximum atomic E-state index is 5.58. The van der Waals surface area contributed by atoms with Crippen LogP contribution in [0.4, 0.5) is 0 Å². The van der Waals surface area contributed by atoms with Crippen LogP contribution in [0.1, 0.15) is 18.4 Å². The molecule has 1 aliphatic heterocycles. The topological polar surface area (TPSA) is 44.5 Å². The lowest BCUT2D eigenvalue weighted by molar-refractivity contribution is 0.283. The van der Waals surface area contributed by atoms with E-state index in [0.29, 0.717) is 13.2 Å². The van der Waals surface area contributed by atoms with Gasteiger partial charge in [0, 0.05) is 0 Å². The molecule has 0 spiro atoms. The second kappa shape index (κ2) is 5.03. The van der Waals surface area contributed by atoms with E-state index in [0.717, 1.165) is 37.4 Å². The van der Waals surface area contributed by atoms with Crippen molar-refractivity contribution in [2.75, 3.05) is 19.8 Å². The number of hydrogen-bond donors (Lipinski definition) is 1. The van der Waals surface area contributed by atoms with Crippen molar-refractivity contribution >= 4 is 0 Å². The minimum Gasteiger partial charge on any atom is -0.494 e. The molecule has 82 valence electrons. The van der Waals surface area contributed by atoms with E-state index in [9.17, 15) is 0 Å². The Morgan fingerprint density at radius 1 is 1.40 bits per heavy atom. The molecule has 1 aromatic rings. The Labute approximate surface area is 90.2 Å². The van der Waals surface area contributed by atoms with Gasteiger partial charge in [-0.15, -0.1) is 0 Å². The zero-order chi connectivity index (χ0) is 10.5. The third-order valence-electron chi connectivity index (χ3n) is 2.50. The molecule has 0 amide bonds. The molecular formula is C12H17NO2. The average Bonchev–Trinajstić information content (AvgIpc) is 2.29. The summed E-state index contributed by atoms with van der Waals surface area (Å²) in [6.07, 6.45) is 3.08. The third kappa shape index (κ3) is 2.63. The first kappa shape index (κ1) is 10.3. The van der Waals surface area contributed by atoms with Gasteiger partial charge in [-0.25, -0.2) is 0 Å². The fourth-order valence-electron chi connectivity index (χ4n) is 1.70. The van der Waals surface area contributed by atoms with Crippen LogP contribution in [-0.2, 0) is 6.42 Å². The number of hydrogen-bond acceptors (Lipinski definition) is 3. The van der Waals surface area contributed by atoms with Crippen LogP contribution < -0.4 is 15.2 Å². The summed E-state index contributed by atoms with van der Waals surface area (Å²) < 4.78 is 11.1. The molecule has 0 saturated carbocycles. The zero-order valence-electron chi connectivity index (χ0n) is 8.87. The Balaban J connectivity index is 2.00. The van der Waals surface area contributed by atoms with Gasteiger partial charge in [-0.05, 0) is 49.6 Å². The standard InChI is InChI=1S/C12H17NO2/c13-6-2-8-14-11-4-5-12-10(9-11)3-1-7-15-12/h4-5,9H,1-3,6-8,13H2. The van der Waals surface area contributed by atoms with Crippen LogP contribution in [-0.4, -0.2) is 19.8 Å². The van der Waals surface area contributed by atoms with Crippen molar-refractivity contribution in [2.45, 2.75) is 19.3 Å². The first-order valence-corrected chi connectivity index (χ1v) is 5.49. The Hall–Kier alpha value is -1.22. The third-order valence-corrected chi connectivity index (χ3v) is 2.50.